The Morgan fingerprint density at radius 2 is 1.55 bits per heavy atom. The maximum absolute atomic E-state index is 9.96. The van der Waals surface area contributed by atoms with Crippen molar-refractivity contribution in [3.8, 4) is 24.0 Å². The Morgan fingerprint density at radius 3 is 2.12 bits per heavy atom. The van der Waals surface area contributed by atoms with E-state index in [1.807, 2.05) is 79.8 Å². The number of methoxy groups -OCH3 is 1. The van der Waals surface area contributed by atoms with E-state index < -0.39 is 5.60 Å². The normalized spacial score (nSPS) is 16.5. The summed E-state index contributed by atoms with van der Waals surface area (Å²) in [6, 6.07) is 21.6. The highest BCUT2D eigenvalue weighted by Crippen LogP contribution is 2.46. The second-order valence-electron chi connectivity index (χ2n) is 10.1. The van der Waals surface area contributed by atoms with Crippen molar-refractivity contribution in [3.05, 3.63) is 113 Å². The van der Waals surface area contributed by atoms with Crippen LogP contribution in [0.2, 0.25) is 0 Å². The number of allylic oxidation sites excluding steroid dienone is 6. The van der Waals surface area contributed by atoms with Crippen LogP contribution in [0.1, 0.15) is 57.6 Å². The average Bonchev–Trinajstić information content (AvgIpc) is 3.31. The smallest absolute Gasteiger partial charge is 0.172 e. The lowest BCUT2D eigenvalue weighted by Crippen LogP contribution is -2.25. The zero-order chi connectivity index (χ0) is 30.4. The third kappa shape index (κ3) is 7.39. The fourth-order valence-corrected chi connectivity index (χ4v) is 4.84. The molecule has 0 saturated heterocycles. The van der Waals surface area contributed by atoms with Gasteiger partial charge in [-0.3, -0.25) is 0 Å². The molecule has 0 amide bonds. The molecule has 2 aromatic carbocycles. The molecule has 1 atom stereocenters. The molecule has 6 heteroatoms. The van der Waals surface area contributed by atoms with Gasteiger partial charge >= 0.3 is 0 Å². The van der Waals surface area contributed by atoms with Crippen molar-refractivity contribution in [2.45, 2.75) is 52.1 Å². The van der Waals surface area contributed by atoms with Crippen LogP contribution in [-0.4, -0.2) is 20.2 Å². The number of hydrogen-bond acceptors (Lipinski definition) is 6. The molecule has 0 aliphatic carbocycles. The molecule has 0 bridgehead atoms. The summed E-state index contributed by atoms with van der Waals surface area (Å²) in [4.78, 5) is 2.44. The van der Waals surface area contributed by atoms with Gasteiger partial charge in [0.05, 0.1) is 7.11 Å². The molecule has 1 aliphatic heterocycles. The predicted octanol–water partition coefficient (Wildman–Crippen LogP) is 8.29. The Bertz CT molecular complexity index is 1490. The summed E-state index contributed by atoms with van der Waals surface area (Å²) in [5, 5.41) is 28.9. The van der Waals surface area contributed by atoms with Gasteiger partial charge in [0.15, 0.2) is 16.9 Å². The lowest BCUT2D eigenvalue weighted by atomic mass is 9.86. The van der Waals surface area contributed by atoms with Crippen molar-refractivity contribution in [1.29, 1.82) is 15.8 Å². The van der Waals surface area contributed by atoms with E-state index in [2.05, 4.69) is 43.0 Å². The lowest BCUT2D eigenvalue weighted by molar-refractivity contribution is 0.0755. The van der Waals surface area contributed by atoms with Gasteiger partial charge in [-0.1, -0.05) is 93.5 Å². The molecule has 6 nitrogen and oxygen atoms in total. The fraction of sp³-hybridized carbons (Fsp3) is 0.306. The summed E-state index contributed by atoms with van der Waals surface area (Å²) in [5.41, 5.74) is 2.46. The summed E-state index contributed by atoms with van der Waals surface area (Å²) >= 11 is 0. The van der Waals surface area contributed by atoms with E-state index in [4.69, 9.17) is 9.47 Å². The van der Waals surface area contributed by atoms with Crippen molar-refractivity contribution in [1.82, 2.24) is 0 Å². The van der Waals surface area contributed by atoms with Gasteiger partial charge in [0, 0.05) is 36.0 Å². The van der Waals surface area contributed by atoms with Crippen LogP contribution in [0.15, 0.2) is 101 Å². The molecule has 0 saturated carbocycles. The summed E-state index contributed by atoms with van der Waals surface area (Å²) in [5.74, 6) is 0.831. The molecule has 42 heavy (non-hydrogen) atoms. The van der Waals surface area contributed by atoms with E-state index in [0.29, 0.717) is 5.57 Å². The van der Waals surface area contributed by atoms with Gasteiger partial charge in [-0.15, -0.1) is 0 Å². The molecule has 0 spiro atoms. The van der Waals surface area contributed by atoms with Gasteiger partial charge in [0.1, 0.15) is 29.5 Å². The molecule has 0 N–H and O–H groups in total. The first-order valence-electron chi connectivity index (χ1n) is 14.4. The number of ether oxygens (including phenoxy) is 2. The largest absolute Gasteiger partial charge is 0.496 e. The maximum atomic E-state index is 9.96. The van der Waals surface area contributed by atoms with Gasteiger partial charge in [0.2, 0.25) is 0 Å². The SMILES string of the molecule is CCCCN(CCCC)c1ccc(/C=C/C=C/C=C/C2=C(C#N)C(=C(C#N)C#N)OC2(C)c2ccccc2)c(OC)c1. The Morgan fingerprint density at radius 1 is 0.905 bits per heavy atom. The van der Waals surface area contributed by atoms with Gasteiger partial charge in [0.25, 0.3) is 0 Å². The number of unbranched alkanes of at least 4 members (excludes halogenated alkanes) is 2. The van der Waals surface area contributed by atoms with Crippen LogP contribution in [-0.2, 0) is 10.3 Å². The Balaban J connectivity index is 1.85. The van der Waals surface area contributed by atoms with Gasteiger partial charge in [-0.2, -0.15) is 15.8 Å². The Hall–Kier alpha value is -4.99. The molecule has 1 aliphatic rings. The van der Waals surface area contributed by atoms with Gasteiger partial charge in [-0.25, -0.2) is 0 Å². The second-order valence-corrected chi connectivity index (χ2v) is 10.1. The van der Waals surface area contributed by atoms with E-state index in [1.54, 1.807) is 13.2 Å². The first kappa shape index (κ1) is 31.5. The molecule has 1 unspecified atom stereocenters. The third-order valence-corrected chi connectivity index (χ3v) is 7.22. The van der Waals surface area contributed by atoms with Gasteiger partial charge < -0.3 is 14.4 Å². The quantitative estimate of drug-likeness (QED) is 0.181. The maximum Gasteiger partial charge on any atom is 0.172 e. The van der Waals surface area contributed by atoms with E-state index in [-0.39, 0.29) is 16.9 Å². The summed E-state index contributed by atoms with van der Waals surface area (Å²) < 4.78 is 11.9. The minimum Gasteiger partial charge on any atom is -0.496 e. The standard InChI is InChI=1S/C36H38N4O2/c1-5-7-22-40(23-8-6-2)31-21-20-28(34(24-31)41-4)16-12-9-10-15-19-33-32(27-39)35(29(25-37)26-38)42-36(33,3)30-17-13-11-14-18-30/h9-21,24H,5-8,22-23H2,1-4H3/b10-9+,16-12+,19-15+. The second kappa shape index (κ2) is 15.7. The minimum atomic E-state index is -1.03. The van der Waals surface area contributed by atoms with E-state index in [0.717, 1.165) is 55.6 Å². The van der Waals surface area contributed by atoms with Crippen LogP contribution < -0.4 is 9.64 Å². The first-order chi connectivity index (χ1) is 20.5. The van der Waals surface area contributed by atoms with E-state index in [9.17, 15) is 15.8 Å². The molecule has 1 heterocycles. The van der Waals surface area contributed by atoms with Crippen molar-refractivity contribution in [3.63, 3.8) is 0 Å². The van der Waals surface area contributed by atoms with Crippen LogP contribution in [0.4, 0.5) is 5.69 Å². The van der Waals surface area contributed by atoms with Crippen LogP contribution >= 0.6 is 0 Å². The monoisotopic (exact) mass is 558 g/mol. The summed E-state index contributed by atoms with van der Waals surface area (Å²) in [7, 11) is 1.69. The first-order valence-corrected chi connectivity index (χ1v) is 14.4. The zero-order valence-electron chi connectivity index (χ0n) is 24.9. The summed E-state index contributed by atoms with van der Waals surface area (Å²) in [6.45, 7) is 8.34. The average molecular weight is 559 g/mol. The highest BCUT2D eigenvalue weighted by molar-refractivity contribution is 5.65. The van der Waals surface area contributed by atoms with Crippen molar-refractivity contribution < 1.29 is 9.47 Å². The van der Waals surface area contributed by atoms with E-state index >= 15 is 0 Å². The number of rotatable bonds is 13. The third-order valence-electron chi connectivity index (χ3n) is 7.22. The van der Waals surface area contributed by atoms with Crippen LogP contribution in [0.5, 0.6) is 5.75 Å². The van der Waals surface area contributed by atoms with Crippen molar-refractivity contribution >= 4 is 11.8 Å². The van der Waals surface area contributed by atoms with Gasteiger partial charge in [-0.05, 0) is 37.5 Å². The molecule has 0 aromatic heterocycles. The molecule has 214 valence electrons. The molecular formula is C36H38N4O2. The van der Waals surface area contributed by atoms with Crippen LogP contribution in [0, 0.1) is 34.0 Å². The predicted molar refractivity (Wildman–Crippen MR) is 168 cm³/mol. The molecule has 2 aromatic rings. The number of benzene rings is 2. The summed E-state index contributed by atoms with van der Waals surface area (Å²) in [6.07, 6.45) is 15.9. The number of nitrogens with zero attached hydrogens (tertiary/aromatic N) is 4. The number of anilines is 1. The lowest BCUT2D eigenvalue weighted by Gasteiger charge is -2.27. The molecule has 3 rings (SSSR count). The highest BCUT2D eigenvalue weighted by atomic mass is 16.5. The topological polar surface area (TPSA) is 93.1 Å². The molecule has 0 fully saturated rings. The van der Waals surface area contributed by atoms with E-state index in [1.165, 1.54) is 5.69 Å². The molecular weight excluding hydrogens is 520 g/mol. The Kier molecular flexibility index (Phi) is 11.8. The van der Waals surface area contributed by atoms with Crippen LogP contribution in [0.25, 0.3) is 6.08 Å². The minimum absolute atomic E-state index is 0.0101. The fourth-order valence-electron chi connectivity index (χ4n) is 4.84. The van der Waals surface area contributed by atoms with Crippen molar-refractivity contribution in [2.75, 3.05) is 25.1 Å². The Labute approximate surface area is 250 Å². The van der Waals surface area contributed by atoms with Crippen molar-refractivity contribution in [2.24, 2.45) is 0 Å². The molecule has 0 radical (unpaired) electrons. The highest BCUT2D eigenvalue weighted by Gasteiger charge is 2.43. The number of nitriles is 3. The zero-order valence-corrected chi connectivity index (χ0v) is 24.9. The van der Waals surface area contributed by atoms with Crippen LogP contribution in [0.3, 0.4) is 0 Å². The number of hydrogen-bond donors (Lipinski definition) is 0.